The van der Waals surface area contributed by atoms with Gasteiger partial charge in [0.25, 0.3) is 0 Å². The van der Waals surface area contributed by atoms with Crippen LogP contribution in [0.3, 0.4) is 0 Å². The first-order valence-corrected chi connectivity index (χ1v) is 7.13. The molecule has 1 unspecified atom stereocenters. The molecule has 0 aliphatic carbocycles. The lowest BCUT2D eigenvalue weighted by Crippen LogP contribution is -2.59. The van der Waals surface area contributed by atoms with Gasteiger partial charge in [0.15, 0.2) is 0 Å². The average Bonchev–Trinajstić information content (AvgIpc) is 2.29. The van der Waals surface area contributed by atoms with E-state index in [4.69, 9.17) is 0 Å². The predicted octanol–water partition coefficient (Wildman–Crippen LogP) is 1.40. The zero-order valence-corrected chi connectivity index (χ0v) is 12.0. The van der Waals surface area contributed by atoms with Gasteiger partial charge < -0.3 is 10.2 Å². The van der Waals surface area contributed by atoms with E-state index in [0.29, 0.717) is 11.5 Å². The van der Waals surface area contributed by atoms with E-state index in [1.165, 1.54) is 39.0 Å². The summed E-state index contributed by atoms with van der Waals surface area (Å²) < 4.78 is 0. The summed E-state index contributed by atoms with van der Waals surface area (Å²) in [5.41, 5.74) is 0.379. The maximum absolute atomic E-state index is 3.68. The highest BCUT2D eigenvalue weighted by atomic mass is 15.2. The number of hydrogen-bond acceptors (Lipinski definition) is 3. The minimum atomic E-state index is 0.379. The molecule has 2 fully saturated rings. The Kier molecular flexibility index (Phi) is 4.11. The molecular weight excluding hydrogens is 210 g/mol. The molecule has 0 spiro atoms. The summed E-state index contributed by atoms with van der Waals surface area (Å²) >= 11 is 0. The van der Waals surface area contributed by atoms with Crippen molar-refractivity contribution in [3.63, 3.8) is 0 Å². The summed E-state index contributed by atoms with van der Waals surface area (Å²) in [4.78, 5) is 5.19. The Hall–Kier alpha value is -0.120. The van der Waals surface area contributed by atoms with Crippen LogP contribution in [0.2, 0.25) is 0 Å². The van der Waals surface area contributed by atoms with Gasteiger partial charge in [-0.2, -0.15) is 0 Å². The summed E-state index contributed by atoms with van der Waals surface area (Å²) in [6.45, 7) is 13.2. The standard InChI is InChI=1S/C14H29N3/c1-14(2,3)13-11-17(10-7-15-13)12-5-8-16(4)9-6-12/h12-13,15H,5-11H2,1-4H3. The Morgan fingerprint density at radius 1 is 1.06 bits per heavy atom. The van der Waals surface area contributed by atoms with Crippen molar-refractivity contribution in [2.75, 3.05) is 39.8 Å². The van der Waals surface area contributed by atoms with E-state index in [-0.39, 0.29) is 0 Å². The number of piperazine rings is 1. The molecule has 0 aromatic heterocycles. The third-order valence-electron chi connectivity index (χ3n) is 4.46. The number of rotatable bonds is 1. The molecule has 0 radical (unpaired) electrons. The normalized spacial score (nSPS) is 30.7. The van der Waals surface area contributed by atoms with Gasteiger partial charge in [-0.3, -0.25) is 4.90 Å². The Labute approximate surface area is 107 Å². The molecule has 100 valence electrons. The molecule has 0 aromatic rings. The van der Waals surface area contributed by atoms with Gasteiger partial charge in [0.1, 0.15) is 0 Å². The Morgan fingerprint density at radius 2 is 1.71 bits per heavy atom. The van der Waals surface area contributed by atoms with E-state index < -0.39 is 0 Å². The number of nitrogens with one attached hydrogen (secondary N) is 1. The van der Waals surface area contributed by atoms with Crippen molar-refractivity contribution in [1.29, 1.82) is 0 Å². The number of piperidine rings is 1. The minimum absolute atomic E-state index is 0.379. The second kappa shape index (κ2) is 5.25. The highest BCUT2D eigenvalue weighted by Crippen LogP contribution is 2.24. The number of hydrogen-bond donors (Lipinski definition) is 1. The summed E-state index contributed by atoms with van der Waals surface area (Å²) in [5, 5.41) is 3.68. The zero-order valence-electron chi connectivity index (χ0n) is 12.0. The first-order chi connectivity index (χ1) is 7.97. The summed E-state index contributed by atoms with van der Waals surface area (Å²) in [6.07, 6.45) is 2.71. The second-order valence-electron chi connectivity index (χ2n) is 6.90. The highest BCUT2D eigenvalue weighted by Gasteiger charge is 2.32. The van der Waals surface area contributed by atoms with Crippen molar-refractivity contribution in [3.8, 4) is 0 Å². The molecule has 1 atom stereocenters. The van der Waals surface area contributed by atoms with Crippen molar-refractivity contribution >= 4 is 0 Å². The fourth-order valence-corrected chi connectivity index (χ4v) is 3.04. The fraction of sp³-hybridized carbons (Fsp3) is 1.00. The largest absolute Gasteiger partial charge is 0.311 e. The lowest BCUT2D eigenvalue weighted by atomic mass is 9.85. The van der Waals surface area contributed by atoms with Gasteiger partial charge >= 0.3 is 0 Å². The maximum atomic E-state index is 3.68. The van der Waals surface area contributed by atoms with E-state index >= 15 is 0 Å². The molecule has 0 amide bonds. The van der Waals surface area contributed by atoms with Crippen LogP contribution in [-0.2, 0) is 0 Å². The molecule has 17 heavy (non-hydrogen) atoms. The molecule has 2 rings (SSSR count). The topological polar surface area (TPSA) is 18.5 Å². The summed E-state index contributed by atoms with van der Waals surface area (Å²) in [7, 11) is 2.24. The molecule has 0 saturated carbocycles. The quantitative estimate of drug-likeness (QED) is 0.746. The Bertz CT molecular complexity index is 238. The molecule has 0 bridgehead atoms. The lowest BCUT2D eigenvalue weighted by Gasteiger charge is -2.45. The fourth-order valence-electron chi connectivity index (χ4n) is 3.04. The van der Waals surface area contributed by atoms with Crippen LogP contribution in [0.25, 0.3) is 0 Å². The first-order valence-electron chi connectivity index (χ1n) is 7.13. The van der Waals surface area contributed by atoms with Crippen LogP contribution in [0.4, 0.5) is 0 Å². The average molecular weight is 239 g/mol. The van der Waals surface area contributed by atoms with Crippen LogP contribution in [0.5, 0.6) is 0 Å². The predicted molar refractivity (Wildman–Crippen MR) is 73.3 cm³/mol. The van der Waals surface area contributed by atoms with Crippen molar-refractivity contribution < 1.29 is 0 Å². The van der Waals surface area contributed by atoms with E-state index in [1.54, 1.807) is 0 Å². The van der Waals surface area contributed by atoms with Gasteiger partial charge in [-0.15, -0.1) is 0 Å². The van der Waals surface area contributed by atoms with Gasteiger partial charge in [0.2, 0.25) is 0 Å². The second-order valence-corrected chi connectivity index (χ2v) is 6.90. The SMILES string of the molecule is CN1CCC(N2CCNC(C(C)(C)C)C2)CC1. The van der Waals surface area contributed by atoms with Crippen LogP contribution >= 0.6 is 0 Å². The lowest BCUT2D eigenvalue weighted by molar-refractivity contribution is 0.0658. The Morgan fingerprint density at radius 3 is 2.29 bits per heavy atom. The van der Waals surface area contributed by atoms with Crippen LogP contribution in [0.1, 0.15) is 33.6 Å². The van der Waals surface area contributed by atoms with Gasteiger partial charge in [-0.05, 0) is 38.4 Å². The van der Waals surface area contributed by atoms with Gasteiger partial charge in [0.05, 0.1) is 0 Å². The maximum Gasteiger partial charge on any atom is 0.0244 e. The van der Waals surface area contributed by atoms with Gasteiger partial charge in [0, 0.05) is 31.7 Å². The van der Waals surface area contributed by atoms with Crippen molar-refractivity contribution in [2.24, 2.45) is 5.41 Å². The molecule has 2 aliphatic rings. The van der Waals surface area contributed by atoms with Crippen LogP contribution in [0, 0.1) is 5.41 Å². The van der Waals surface area contributed by atoms with Crippen molar-refractivity contribution in [3.05, 3.63) is 0 Å². The van der Waals surface area contributed by atoms with E-state index in [2.05, 4.69) is 42.9 Å². The number of nitrogens with zero attached hydrogens (tertiary/aromatic N) is 2. The van der Waals surface area contributed by atoms with Crippen LogP contribution in [0.15, 0.2) is 0 Å². The van der Waals surface area contributed by atoms with Crippen LogP contribution in [-0.4, -0.2) is 61.7 Å². The molecule has 3 nitrogen and oxygen atoms in total. The van der Waals surface area contributed by atoms with E-state index in [0.717, 1.165) is 12.6 Å². The zero-order chi connectivity index (χ0) is 12.5. The third kappa shape index (κ3) is 3.43. The third-order valence-corrected chi connectivity index (χ3v) is 4.46. The smallest absolute Gasteiger partial charge is 0.0244 e. The van der Waals surface area contributed by atoms with Crippen LogP contribution < -0.4 is 5.32 Å². The first kappa shape index (κ1) is 13.3. The van der Waals surface area contributed by atoms with E-state index in [1.807, 2.05) is 0 Å². The molecular formula is C14H29N3. The van der Waals surface area contributed by atoms with Crippen molar-refractivity contribution in [1.82, 2.24) is 15.1 Å². The summed E-state index contributed by atoms with van der Waals surface area (Å²) in [5.74, 6) is 0. The summed E-state index contributed by atoms with van der Waals surface area (Å²) in [6, 6.07) is 1.48. The molecule has 2 saturated heterocycles. The molecule has 2 heterocycles. The molecule has 3 heteroatoms. The molecule has 1 N–H and O–H groups in total. The monoisotopic (exact) mass is 239 g/mol. The van der Waals surface area contributed by atoms with E-state index in [9.17, 15) is 0 Å². The van der Waals surface area contributed by atoms with Crippen molar-refractivity contribution in [2.45, 2.75) is 45.7 Å². The number of likely N-dealkylation sites (tertiary alicyclic amines) is 1. The van der Waals surface area contributed by atoms with Gasteiger partial charge in [-0.1, -0.05) is 20.8 Å². The molecule has 2 aliphatic heterocycles. The van der Waals surface area contributed by atoms with Gasteiger partial charge in [-0.25, -0.2) is 0 Å². The highest BCUT2D eigenvalue weighted by molar-refractivity contribution is 4.90. The minimum Gasteiger partial charge on any atom is -0.311 e. The Balaban J connectivity index is 1.89. The molecule has 0 aromatic carbocycles.